The average molecular weight is 269 g/mol. The minimum Gasteiger partial charge on any atom is -0.226 e. The first kappa shape index (κ1) is 12.0. The number of halogens is 1. The van der Waals surface area contributed by atoms with Crippen LogP contribution in [0.4, 0.5) is 0 Å². The van der Waals surface area contributed by atoms with Crippen LogP contribution in [0.15, 0.2) is 41.4 Å². The number of hydrogen-bond donors (Lipinski definition) is 0. The van der Waals surface area contributed by atoms with Gasteiger partial charge in [0.15, 0.2) is 9.84 Å². The van der Waals surface area contributed by atoms with E-state index in [2.05, 4.69) is 9.97 Å². The van der Waals surface area contributed by atoms with Crippen molar-refractivity contribution in [3.63, 3.8) is 0 Å². The highest BCUT2D eigenvalue weighted by Crippen LogP contribution is 2.19. The summed E-state index contributed by atoms with van der Waals surface area (Å²) in [5.74, 6) is 0. The van der Waals surface area contributed by atoms with E-state index in [1.54, 1.807) is 36.5 Å². The smallest absolute Gasteiger partial charge is 0.222 e. The first-order valence-electron chi connectivity index (χ1n) is 4.76. The Kier molecular flexibility index (Phi) is 3.13. The lowest BCUT2D eigenvalue weighted by Gasteiger charge is -2.02. The molecular formula is C11H9ClN2O2S. The van der Waals surface area contributed by atoms with Crippen molar-refractivity contribution in [2.75, 3.05) is 6.26 Å². The summed E-state index contributed by atoms with van der Waals surface area (Å²) >= 11 is 5.68. The molecule has 1 aromatic heterocycles. The van der Waals surface area contributed by atoms with Gasteiger partial charge in [-0.1, -0.05) is 12.1 Å². The van der Waals surface area contributed by atoms with E-state index >= 15 is 0 Å². The van der Waals surface area contributed by atoms with E-state index in [-0.39, 0.29) is 10.2 Å². The van der Waals surface area contributed by atoms with Crippen molar-refractivity contribution in [2.45, 2.75) is 4.90 Å². The number of benzene rings is 1. The van der Waals surface area contributed by atoms with E-state index in [1.165, 1.54) is 6.26 Å². The molecule has 2 aromatic rings. The Morgan fingerprint density at radius 1 is 1.12 bits per heavy atom. The van der Waals surface area contributed by atoms with Gasteiger partial charge in [-0.2, -0.15) is 0 Å². The molecule has 0 spiro atoms. The first-order valence-corrected chi connectivity index (χ1v) is 7.03. The molecule has 0 N–H and O–H groups in total. The van der Waals surface area contributed by atoms with Crippen LogP contribution < -0.4 is 0 Å². The predicted octanol–water partition coefficient (Wildman–Crippen LogP) is 2.20. The summed E-state index contributed by atoms with van der Waals surface area (Å²) in [5.41, 5.74) is 1.45. The van der Waals surface area contributed by atoms with Gasteiger partial charge in [0.2, 0.25) is 5.28 Å². The lowest BCUT2D eigenvalue weighted by Crippen LogP contribution is -1.96. The molecule has 0 aliphatic heterocycles. The van der Waals surface area contributed by atoms with Crippen molar-refractivity contribution in [2.24, 2.45) is 0 Å². The topological polar surface area (TPSA) is 59.9 Å². The van der Waals surface area contributed by atoms with Crippen LogP contribution in [0.1, 0.15) is 0 Å². The van der Waals surface area contributed by atoms with Crippen molar-refractivity contribution < 1.29 is 8.42 Å². The van der Waals surface area contributed by atoms with Gasteiger partial charge in [-0.05, 0) is 29.8 Å². The molecule has 0 atom stereocenters. The molecule has 2 rings (SSSR count). The van der Waals surface area contributed by atoms with Crippen LogP contribution in [0.25, 0.3) is 11.3 Å². The summed E-state index contributed by atoms with van der Waals surface area (Å²) in [5, 5.41) is 0.162. The zero-order valence-corrected chi connectivity index (χ0v) is 10.5. The Morgan fingerprint density at radius 3 is 2.29 bits per heavy atom. The highest BCUT2D eigenvalue weighted by Gasteiger charge is 2.07. The quantitative estimate of drug-likeness (QED) is 0.784. The fourth-order valence-electron chi connectivity index (χ4n) is 1.37. The summed E-state index contributed by atoms with van der Waals surface area (Å²) in [6.07, 6.45) is 2.72. The van der Waals surface area contributed by atoms with E-state index in [0.29, 0.717) is 5.69 Å². The fourth-order valence-corrected chi connectivity index (χ4v) is 2.15. The zero-order chi connectivity index (χ0) is 12.5. The van der Waals surface area contributed by atoms with Crippen molar-refractivity contribution in [3.8, 4) is 11.3 Å². The third-order valence-corrected chi connectivity index (χ3v) is 3.51. The van der Waals surface area contributed by atoms with Crippen molar-refractivity contribution in [1.29, 1.82) is 0 Å². The summed E-state index contributed by atoms with van der Waals surface area (Å²) in [6.45, 7) is 0. The maximum absolute atomic E-state index is 11.3. The lowest BCUT2D eigenvalue weighted by molar-refractivity contribution is 0.602. The molecule has 0 saturated heterocycles. The monoisotopic (exact) mass is 268 g/mol. The molecule has 0 saturated carbocycles. The van der Waals surface area contributed by atoms with E-state index in [4.69, 9.17) is 11.6 Å². The molecule has 6 heteroatoms. The van der Waals surface area contributed by atoms with Crippen LogP contribution in [-0.4, -0.2) is 24.6 Å². The molecule has 0 aliphatic rings. The fraction of sp³-hybridized carbons (Fsp3) is 0.0909. The molecular weight excluding hydrogens is 260 g/mol. The lowest BCUT2D eigenvalue weighted by atomic mass is 10.1. The molecule has 1 heterocycles. The van der Waals surface area contributed by atoms with Crippen LogP contribution in [0.5, 0.6) is 0 Å². The Hall–Kier alpha value is -1.46. The van der Waals surface area contributed by atoms with Gasteiger partial charge in [-0.15, -0.1) is 0 Å². The molecule has 1 aromatic carbocycles. The number of nitrogens with zero attached hydrogens (tertiary/aromatic N) is 2. The highest BCUT2D eigenvalue weighted by molar-refractivity contribution is 7.90. The van der Waals surface area contributed by atoms with Crippen LogP contribution in [0.3, 0.4) is 0 Å². The maximum atomic E-state index is 11.3. The number of hydrogen-bond acceptors (Lipinski definition) is 4. The molecule has 0 aliphatic carbocycles. The normalized spacial score (nSPS) is 11.4. The molecule has 0 bridgehead atoms. The van der Waals surface area contributed by atoms with Crippen LogP contribution >= 0.6 is 11.6 Å². The standard InChI is InChI=1S/C11H9ClN2O2S/c1-17(15,16)9-4-2-8(3-5-9)10-6-7-13-11(12)14-10/h2-7H,1H3. The maximum Gasteiger partial charge on any atom is 0.222 e. The first-order chi connectivity index (χ1) is 7.97. The Morgan fingerprint density at radius 2 is 1.76 bits per heavy atom. The number of rotatable bonds is 2. The second-order valence-corrected chi connectivity index (χ2v) is 5.86. The van der Waals surface area contributed by atoms with Crippen molar-refractivity contribution in [3.05, 3.63) is 41.8 Å². The average Bonchev–Trinajstić information content (AvgIpc) is 2.28. The number of sulfone groups is 1. The van der Waals surface area contributed by atoms with Gasteiger partial charge >= 0.3 is 0 Å². The molecule has 0 amide bonds. The van der Waals surface area contributed by atoms with E-state index in [0.717, 1.165) is 5.56 Å². The second-order valence-electron chi connectivity index (χ2n) is 3.51. The minimum atomic E-state index is -3.17. The zero-order valence-electron chi connectivity index (χ0n) is 8.96. The largest absolute Gasteiger partial charge is 0.226 e. The van der Waals surface area contributed by atoms with Gasteiger partial charge < -0.3 is 0 Å². The third-order valence-electron chi connectivity index (χ3n) is 2.20. The molecule has 88 valence electrons. The van der Waals surface area contributed by atoms with Crippen LogP contribution in [0.2, 0.25) is 5.28 Å². The Balaban J connectivity index is 2.43. The van der Waals surface area contributed by atoms with Crippen molar-refractivity contribution >= 4 is 21.4 Å². The minimum absolute atomic E-state index is 0.162. The van der Waals surface area contributed by atoms with E-state index in [1.807, 2.05) is 0 Å². The SMILES string of the molecule is CS(=O)(=O)c1ccc(-c2ccnc(Cl)n2)cc1. The summed E-state index contributed by atoms with van der Waals surface area (Å²) in [7, 11) is -3.17. The van der Waals surface area contributed by atoms with Gasteiger partial charge in [-0.3, -0.25) is 0 Å². The van der Waals surface area contributed by atoms with Gasteiger partial charge in [-0.25, -0.2) is 18.4 Å². The van der Waals surface area contributed by atoms with Crippen LogP contribution in [0, 0.1) is 0 Å². The van der Waals surface area contributed by atoms with E-state index < -0.39 is 9.84 Å². The summed E-state index contributed by atoms with van der Waals surface area (Å²) in [6, 6.07) is 8.17. The van der Waals surface area contributed by atoms with Gasteiger partial charge in [0, 0.05) is 18.0 Å². The van der Waals surface area contributed by atoms with Gasteiger partial charge in [0.05, 0.1) is 10.6 Å². The third kappa shape index (κ3) is 2.81. The van der Waals surface area contributed by atoms with E-state index in [9.17, 15) is 8.42 Å². The summed E-state index contributed by atoms with van der Waals surface area (Å²) < 4.78 is 22.6. The molecule has 17 heavy (non-hydrogen) atoms. The predicted molar refractivity (Wildman–Crippen MR) is 65.6 cm³/mol. The van der Waals surface area contributed by atoms with Gasteiger partial charge in [0.1, 0.15) is 0 Å². The summed E-state index contributed by atoms with van der Waals surface area (Å²) in [4.78, 5) is 8.10. The van der Waals surface area contributed by atoms with Gasteiger partial charge in [0.25, 0.3) is 0 Å². The van der Waals surface area contributed by atoms with Crippen LogP contribution in [-0.2, 0) is 9.84 Å². The number of aromatic nitrogens is 2. The molecule has 0 unspecified atom stereocenters. The Labute approximate surface area is 104 Å². The molecule has 0 fully saturated rings. The highest BCUT2D eigenvalue weighted by atomic mass is 35.5. The Bertz CT molecular complexity index is 639. The molecule has 4 nitrogen and oxygen atoms in total. The second kappa shape index (κ2) is 4.43. The van der Waals surface area contributed by atoms with Crippen molar-refractivity contribution in [1.82, 2.24) is 9.97 Å². The molecule has 0 radical (unpaired) electrons.